The van der Waals surface area contributed by atoms with E-state index in [9.17, 15) is 13.2 Å². The zero-order valence-corrected chi connectivity index (χ0v) is 21.2. The number of amides is 1. The summed E-state index contributed by atoms with van der Waals surface area (Å²) in [5.41, 5.74) is 4.99. The average Bonchev–Trinajstić information content (AvgIpc) is 3.25. The van der Waals surface area contributed by atoms with Gasteiger partial charge in [0.2, 0.25) is 5.91 Å². The molecular weight excluding hydrogens is 480 g/mol. The van der Waals surface area contributed by atoms with Gasteiger partial charge in [0.25, 0.3) is 0 Å². The molecule has 0 spiro atoms. The number of para-hydroxylation sites is 2. The fourth-order valence-corrected chi connectivity index (χ4v) is 5.71. The second-order valence-electron chi connectivity index (χ2n) is 9.48. The molecule has 36 heavy (non-hydrogen) atoms. The van der Waals surface area contributed by atoms with E-state index in [2.05, 4.69) is 36.6 Å². The van der Waals surface area contributed by atoms with Gasteiger partial charge in [0.05, 0.1) is 35.7 Å². The summed E-state index contributed by atoms with van der Waals surface area (Å²) < 4.78 is 28.2. The Kier molecular flexibility index (Phi) is 7.10. The highest BCUT2D eigenvalue weighted by Crippen LogP contribution is 2.37. The fourth-order valence-electron chi connectivity index (χ4n) is 5.04. The molecule has 2 aliphatic rings. The van der Waals surface area contributed by atoms with Crippen LogP contribution in [0.25, 0.3) is 11.0 Å². The van der Waals surface area contributed by atoms with Crippen LogP contribution in [0, 0.1) is 5.92 Å². The zero-order valence-electron chi connectivity index (χ0n) is 20.4. The van der Waals surface area contributed by atoms with E-state index in [0.29, 0.717) is 38.4 Å². The number of hydrogen-bond acceptors (Lipinski definition) is 8. The number of fused-ring (bicyclic) bond motifs is 3. The number of carbonyl (C=O) groups is 1. The molecule has 1 amide bonds. The van der Waals surface area contributed by atoms with Gasteiger partial charge >= 0.3 is 0 Å². The summed E-state index contributed by atoms with van der Waals surface area (Å²) in [5.74, 6) is 0.575. The third-order valence-electron chi connectivity index (χ3n) is 6.85. The molecule has 2 aromatic heterocycles. The number of sulfone groups is 1. The molecular formula is C25H32N6O4S. The molecule has 3 N–H and O–H groups in total. The van der Waals surface area contributed by atoms with Gasteiger partial charge in [-0.25, -0.2) is 18.4 Å². The minimum atomic E-state index is -3.03. The maximum atomic E-state index is 12.9. The van der Waals surface area contributed by atoms with Gasteiger partial charge < -0.3 is 25.3 Å². The summed E-state index contributed by atoms with van der Waals surface area (Å²) in [7, 11) is -3.03. The summed E-state index contributed by atoms with van der Waals surface area (Å²) in [5, 5.41) is 7.37. The molecule has 3 aromatic rings. The Hall–Kier alpha value is -3.18. The van der Waals surface area contributed by atoms with Crippen molar-refractivity contribution >= 4 is 44.0 Å². The largest absolute Gasteiger partial charge is 0.378 e. The van der Waals surface area contributed by atoms with Gasteiger partial charge in [-0.3, -0.25) is 4.79 Å². The number of H-pyrrole nitrogens is 1. The summed E-state index contributed by atoms with van der Waals surface area (Å²) in [6.45, 7) is 3.43. The van der Waals surface area contributed by atoms with Crippen LogP contribution in [-0.2, 0) is 32.2 Å². The first-order valence-corrected chi connectivity index (χ1v) is 14.4. The lowest BCUT2D eigenvalue weighted by atomic mass is 9.86. The SMILES string of the molecule is CS(=O)(=O)CCCNC(=O)[C@H]1CCc2[nH]c3ncnc(Nc4ccccc4N4CCOCC4)c3c2C1. The lowest BCUT2D eigenvalue weighted by molar-refractivity contribution is -0.125. The number of carbonyl (C=O) groups excluding carboxylic acids is 1. The summed E-state index contributed by atoms with van der Waals surface area (Å²) >= 11 is 0. The summed E-state index contributed by atoms with van der Waals surface area (Å²) in [4.78, 5) is 27.6. The van der Waals surface area contributed by atoms with Crippen molar-refractivity contribution in [2.75, 3.05) is 55.1 Å². The Morgan fingerprint density at radius 2 is 2.03 bits per heavy atom. The van der Waals surface area contributed by atoms with Gasteiger partial charge in [0.15, 0.2) is 0 Å². The predicted octanol–water partition coefficient (Wildman–Crippen LogP) is 2.19. The number of anilines is 3. The number of aryl methyl sites for hydroxylation is 1. The van der Waals surface area contributed by atoms with Crippen molar-refractivity contribution in [3.8, 4) is 0 Å². The molecule has 0 saturated carbocycles. The Balaban J connectivity index is 1.36. The molecule has 3 heterocycles. The number of nitrogens with one attached hydrogen (secondary N) is 3. The van der Waals surface area contributed by atoms with Crippen molar-refractivity contribution < 1.29 is 17.9 Å². The highest BCUT2D eigenvalue weighted by Gasteiger charge is 2.29. The van der Waals surface area contributed by atoms with E-state index in [1.54, 1.807) is 6.33 Å². The van der Waals surface area contributed by atoms with Crippen molar-refractivity contribution in [1.82, 2.24) is 20.3 Å². The Labute approximate surface area is 210 Å². The van der Waals surface area contributed by atoms with Gasteiger partial charge in [0.1, 0.15) is 27.6 Å². The van der Waals surface area contributed by atoms with Crippen molar-refractivity contribution in [2.24, 2.45) is 5.92 Å². The van der Waals surface area contributed by atoms with Crippen LogP contribution < -0.4 is 15.5 Å². The van der Waals surface area contributed by atoms with Gasteiger partial charge in [0, 0.05) is 37.5 Å². The molecule has 1 saturated heterocycles. The molecule has 11 heteroatoms. The third-order valence-corrected chi connectivity index (χ3v) is 7.88. The van der Waals surface area contributed by atoms with Crippen molar-refractivity contribution in [3.05, 3.63) is 41.9 Å². The molecule has 0 bridgehead atoms. The minimum absolute atomic E-state index is 0.0347. The van der Waals surface area contributed by atoms with E-state index in [1.807, 2.05) is 18.2 Å². The normalized spacial score (nSPS) is 18.1. The Bertz CT molecular complexity index is 1350. The minimum Gasteiger partial charge on any atom is -0.378 e. The number of nitrogens with zero attached hydrogens (tertiary/aromatic N) is 3. The van der Waals surface area contributed by atoms with Crippen LogP contribution in [0.3, 0.4) is 0 Å². The van der Waals surface area contributed by atoms with E-state index in [1.165, 1.54) is 6.26 Å². The first-order chi connectivity index (χ1) is 17.4. The van der Waals surface area contributed by atoms with Crippen molar-refractivity contribution in [1.29, 1.82) is 0 Å². The maximum absolute atomic E-state index is 12.9. The van der Waals surface area contributed by atoms with Gasteiger partial charge in [-0.15, -0.1) is 0 Å². The van der Waals surface area contributed by atoms with Crippen molar-refractivity contribution in [3.63, 3.8) is 0 Å². The van der Waals surface area contributed by atoms with Crippen LogP contribution in [0.5, 0.6) is 0 Å². The van der Waals surface area contributed by atoms with E-state index in [-0.39, 0.29) is 17.6 Å². The number of ether oxygens (including phenoxy) is 1. The fraction of sp³-hybridized carbons (Fsp3) is 0.480. The van der Waals surface area contributed by atoms with E-state index >= 15 is 0 Å². The van der Waals surface area contributed by atoms with Crippen LogP contribution in [0.15, 0.2) is 30.6 Å². The molecule has 1 fully saturated rings. The highest BCUT2D eigenvalue weighted by molar-refractivity contribution is 7.90. The molecule has 10 nitrogen and oxygen atoms in total. The number of rotatable bonds is 8. The molecule has 0 unspecified atom stereocenters. The van der Waals surface area contributed by atoms with Gasteiger partial charge in [-0.05, 0) is 43.4 Å². The average molecular weight is 513 g/mol. The standard InChI is InChI=1S/C25H32N6O4S/c1-36(33,34)14-4-9-26-25(32)17-7-8-19-18(15-17)22-23(29-19)27-16-28-24(22)30-20-5-2-3-6-21(20)31-10-12-35-13-11-31/h2-3,5-6,16-17H,4,7-15H2,1H3,(H,26,32)(H2,27,28,29,30)/t17-/m0/s1. The number of morpholine rings is 1. The summed E-state index contributed by atoms with van der Waals surface area (Å²) in [6.07, 6.45) is 5.24. The maximum Gasteiger partial charge on any atom is 0.223 e. The van der Waals surface area contributed by atoms with Gasteiger partial charge in [-0.1, -0.05) is 12.1 Å². The predicted molar refractivity (Wildman–Crippen MR) is 139 cm³/mol. The van der Waals surface area contributed by atoms with Crippen LogP contribution in [0.1, 0.15) is 24.1 Å². The monoisotopic (exact) mass is 512 g/mol. The zero-order chi connectivity index (χ0) is 25.1. The lowest BCUT2D eigenvalue weighted by Gasteiger charge is -2.30. The number of aromatic amines is 1. The van der Waals surface area contributed by atoms with Gasteiger partial charge in [-0.2, -0.15) is 0 Å². The van der Waals surface area contributed by atoms with Crippen molar-refractivity contribution in [2.45, 2.75) is 25.7 Å². The van der Waals surface area contributed by atoms with Crippen LogP contribution in [0.4, 0.5) is 17.2 Å². The summed E-state index contributed by atoms with van der Waals surface area (Å²) in [6, 6.07) is 8.18. The molecule has 192 valence electrons. The first kappa shape index (κ1) is 24.5. The van der Waals surface area contributed by atoms with E-state index in [4.69, 9.17) is 4.74 Å². The molecule has 0 radical (unpaired) electrons. The second-order valence-corrected chi connectivity index (χ2v) is 11.7. The Morgan fingerprint density at radius 1 is 1.22 bits per heavy atom. The molecule has 1 aliphatic carbocycles. The van der Waals surface area contributed by atoms with Crippen LogP contribution in [-0.4, -0.2) is 74.1 Å². The molecule has 5 rings (SSSR count). The second kappa shape index (κ2) is 10.4. The smallest absolute Gasteiger partial charge is 0.223 e. The van der Waals surface area contributed by atoms with Crippen LogP contribution >= 0.6 is 0 Å². The topological polar surface area (TPSA) is 129 Å². The van der Waals surface area contributed by atoms with Crippen LogP contribution in [0.2, 0.25) is 0 Å². The van der Waals surface area contributed by atoms with E-state index < -0.39 is 9.84 Å². The van der Waals surface area contributed by atoms with E-state index in [0.717, 1.165) is 59.6 Å². The molecule has 1 aliphatic heterocycles. The first-order valence-electron chi connectivity index (χ1n) is 12.4. The highest BCUT2D eigenvalue weighted by atomic mass is 32.2. The Morgan fingerprint density at radius 3 is 2.83 bits per heavy atom. The number of aromatic nitrogens is 3. The quantitative estimate of drug-likeness (QED) is 0.392. The third kappa shape index (κ3) is 5.46. The number of benzene rings is 1. The lowest BCUT2D eigenvalue weighted by Crippen LogP contribution is -2.36. The number of hydrogen-bond donors (Lipinski definition) is 3. The molecule has 1 atom stereocenters. The molecule has 1 aromatic carbocycles.